The fourth-order valence-electron chi connectivity index (χ4n) is 1.37. The van der Waals surface area contributed by atoms with Gasteiger partial charge < -0.3 is 5.32 Å². The van der Waals surface area contributed by atoms with E-state index in [2.05, 4.69) is 10.4 Å². The first-order chi connectivity index (χ1) is 6.49. The highest BCUT2D eigenvalue weighted by Crippen LogP contribution is 2.02. The molecule has 1 rings (SSSR count). The van der Waals surface area contributed by atoms with Crippen LogP contribution in [0.3, 0.4) is 0 Å². The SMILES string of the molecule is Cc1cc(CC(=O)NC(C)C)n(C)n1. The fourth-order valence-corrected chi connectivity index (χ4v) is 1.37. The number of carbonyl (C=O) groups excluding carboxylic acids is 1. The minimum Gasteiger partial charge on any atom is -0.354 e. The zero-order chi connectivity index (χ0) is 10.7. The molecule has 14 heavy (non-hydrogen) atoms. The third-order valence-corrected chi connectivity index (χ3v) is 1.89. The number of nitrogens with zero attached hydrogens (tertiary/aromatic N) is 2. The van der Waals surface area contributed by atoms with Crippen LogP contribution in [0.2, 0.25) is 0 Å². The smallest absolute Gasteiger partial charge is 0.226 e. The Balaban J connectivity index is 2.60. The summed E-state index contributed by atoms with van der Waals surface area (Å²) < 4.78 is 1.75. The molecule has 0 bridgehead atoms. The molecule has 1 aromatic rings. The summed E-state index contributed by atoms with van der Waals surface area (Å²) in [5.41, 5.74) is 1.89. The molecule has 1 amide bonds. The van der Waals surface area contributed by atoms with Crippen LogP contribution in [-0.2, 0) is 18.3 Å². The maximum Gasteiger partial charge on any atom is 0.226 e. The van der Waals surface area contributed by atoms with Gasteiger partial charge in [-0.1, -0.05) is 0 Å². The van der Waals surface area contributed by atoms with Gasteiger partial charge in [-0.3, -0.25) is 9.48 Å². The number of carbonyl (C=O) groups is 1. The Hall–Kier alpha value is -1.32. The zero-order valence-electron chi connectivity index (χ0n) is 9.16. The van der Waals surface area contributed by atoms with Crippen LogP contribution in [0.25, 0.3) is 0 Å². The third kappa shape index (κ3) is 2.87. The lowest BCUT2D eigenvalue weighted by atomic mass is 10.2. The van der Waals surface area contributed by atoms with Gasteiger partial charge in [-0.25, -0.2) is 0 Å². The summed E-state index contributed by atoms with van der Waals surface area (Å²) >= 11 is 0. The van der Waals surface area contributed by atoms with Crippen molar-refractivity contribution in [3.63, 3.8) is 0 Å². The number of aromatic nitrogens is 2. The molecule has 1 heterocycles. The van der Waals surface area contributed by atoms with Gasteiger partial charge in [0, 0.05) is 18.8 Å². The van der Waals surface area contributed by atoms with Crippen molar-refractivity contribution in [2.24, 2.45) is 7.05 Å². The molecule has 0 atom stereocenters. The first-order valence-electron chi connectivity index (χ1n) is 4.78. The van der Waals surface area contributed by atoms with E-state index in [0.717, 1.165) is 11.4 Å². The fraction of sp³-hybridized carbons (Fsp3) is 0.600. The Morgan fingerprint density at radius 1 is 1.64 bits per heavy atom. The van der Waals surface area contributed by atoms with Crippen LogP contribution >= 0.6 is 0 Å². The summed E-state index contributed by atoms with van der Waals surface area (Å²) in [7, 11) is 1.85. The molecule has 0 aliphatic heterocycles. The Morgan fingerprint density at radius 3 is 2.71 bits per heavy atom. The Labute approximate surface area is 84.3 Å². The maximum atomic E-state index is 11.4. The van der Waals surface area contributed by atoms with Gasteiger partial charge in [-0.15, -0.1) is 0 Å². The summed E-state index contributed by atoms with van der Waals surface area (Å²) in [6.07, 6.45) is 0.398. The van der Waals surface area contributed by atoms with E-state index >= 15 is 0 Å². The van der Waals surface area contributed by atoms with E-state index in [1.54, 1.807) is 4.68 Å². The van der Waals surface area contributed by atoms with Gasteiger partial charge in [-0.05, 0) is 26.8 Å². The number of amides is 1. The van der Waals surface area contributed by atoms with Gasteiger partial charge in [0.15, 0.2) is 0 Å². The van der Waals surface area contributed by atoms with Crippen LogP contribution in [0.4, 0.5) is 0 Å². The lowest BCUT2D eigenvalue weighted by molar-refractivity contribution is -0.121. The third-order valence-electron chi connectivity index (χ3n) is 1.89. The van der Waals surface area contributed by atoms with Gasteiger partial charge in [0.2, 0.25) is 5.91 Å². The van der Waals surface area contributed by atoms with Crippen molar-refractivity contribution in [1.82, 2.24) is 15.1 Å². The molecular weight excluding hydrogens is 178 g/mol. The van der Waals surface area contributed by atoms with E-state index in [1.807, 2.05) is 33.9 Å². The summed E-state index contributed by atoms with van der Waals surface area (Å²) in [6, 6.07) is 2.12. The lowest BCUT2D eigenvalue weighted by Crippen LogP contribution is -2.31. The first kappa shape index (κ1) is 10.8. The largest absolute Gasteiger partial charge is 0.354 e. The average molecular weight is 195 g/mol. The molecule has 0 unspecified atom stereocenters. The molecule has 78 valence electrons. The molecule has 0 aliphatic rings. The Bertz CT molecular complexity index is 328. The van der Waals surface area contributed by atoms with Crippen LogP contribution in [0.15, 0.2) is 6.07 Å². The van der Waals surface area contributed by atoms with E-state index < -0.39 is 0 Å². The van der Waals surface area contributed by atoms with Gasteiger partial charge >= 0.3 is 0 Å². The number of rotatable bonds is 3. The molecule has 1 N–H and O–H groups in total. The molecule has 0 aromatic carbocycles. The molecule has 0 radical (unpaired) electrons. The summed E-state index contributed by atoms with van der Waals surface area (Å²) in [5, 5.41) is 7.03. The van der Waals surface area contributed by atoms with Crippen LogP contribution in [0.1, 0.15) is 25.2 Å². The standard InChI is InChI=1S/C10H17N3O/c1-7(2)11-10(14)6-9-5-8(3)12-13(9)4/h5,7H,6H2,1-4H3,(H,11,14). The van der Waals surface area contributed by atoms with Crippen molar-refractivity contribution in [3.8, 4) is 0 Å². The predicted octanol–water partition coefficient (Wildman–Crippen LogP) is 0.796. The van der Waals surface area contributed by atoms with Crippen molar-refractivity contribution >= 4 is 5.91 Å². The molecule has 0 fully saturated rings. The maximum absolute atomic E-state index is 11.4. The monoisotopic (exact) mass is 195 g/mol. The van der Waals surface area contributed by atoms with E-state index in [9.17, 15) is 4.79 Å². The van der Waals surface area contributed by atoms with Gasteiger partial charge in [0.1, 0.15) is 0 Å². The predicted molar refractivity (Wildman–Crippen MR) is 54.9 cm³/mol. The second-order valence-electron chi connectivity index (χ2n) is 3.80. The summed E-state index contributed by atoms with van der Waals surface area (Å²) in [4.78, 5) is 11.4. The van der Waals surface area contributed by atoms with Gasteiger partial charge in [-0.2, -0.15) is 5.10 Å². The highest BCUT2D eigenvalue weighted by atomic mass is 16.1. The van der Waals surface area contributed by atoms with Crippen LogP contribution in [0, 0.1) is 6.92 Å². The van der Waals surface area contributed by atoms with Crippen molar-refractivity contribution in [2.45, 2.75) is 33.2 Å². The molecule has 0 aliphatic carbocycles. The lowest BCUT2D eigenvalue weighted by Gasteiger charge is -2.07. The number of aryl methyl sites for hydroxylation is 2. The highest BCUT2D eigenvalue weighted by molar-refractivity contribution is 5.78. The minimum absolute atomic E-state index is 0.0444. The Kier molecular flexibility index (Phi) is 3.28. The van der Waals surface area contributed by atoms with Crippen molar-refractivity contribution in [2.75, 3.05) is 0 Å². The highest BCUT2D eigenvalue weighted by Gasteiger charge is 2.08. The zero-order valence-corrected chi connectivity index (χ0v) is 9.16. The molecule has 4 nitrogen and oxygen atoms in total. The van der Waals surface area contributed by atoms with Crippen molar-refractivity contribution in [1.29, 1.82) is 0 Å². The van der Waals surface area contributed by atoms with Gasteiger partial charge in [0.05, 0.1) is 12.1 Å². The van der Waals surface area contributed by atoms with Crippen LogP contribution in [-0.4, -0.2) is 21.7 Å². The van der Waals surface area contributed by atoms with Gasteiger partial charge in [0.25, 0.3) is 0 Å². The topological polar surface area (TPSA) is 46.9 Å². The molecular formula is C10H17N3O. The molecule has 1 aromatic heterocycles. The summed E-state index contributed by atoms with van der Waals surface area (Å²) in [6.45, 7) is 5.82. The molecule has 0 spiro atoms. The first-order valence-corrected chi connectivity index (χ1v) is 4.78. The normalized spacial score (nSPS) is 10.6. The second kappa shape index (κ2) is 4.26. The quantitative estimate of drug-likeness (QED) is 0.775. The number of nitrogens with one attached hydrogen (secondary N) is 1. The van der Waals surface area contributed by atoms with E-state index in [4.69, 9.17) is 0 Å². The van der Waals surface area contributed by atoms with Crippen molar-refractivity contribution in [3.05, 3.63) is 17.5 Å². The average Bonchev–Trinajstić information content (AvgIpc) is 2.28. The molecule has 0 saturated heterocycles. The van der Waals surface area contributed by atoms with E-state index in [1.165, 1.54) is 0 Å². The molecule has 0 saturated carbocycles. The number of hydrogen-bond donors (Lipinski definition) is 1. The summed E-state index contributed by atoms with van der Waals surface area (Å²) in [5.74, 6) is 0.0444. The van der Waals surface area contributed by atoms with Crippen molar-refractivity contribution < 1.29 is 4.79 Å². The van der Waals surface area contributed by atoms with E-state index in [0.29, 0.717) is 6.42 Å². The Morgan fingerprint density at radius 2 is 2.29 bits per heavy atom. The minimum atomic E-state index is 0.0444. The molecule has 4 heteroatoms. The second-order valence-corrected chi connectivity index (χ2v) is 3.80. The van der Waals surface area contributed by atoms with Crippen LogP contribution < -0.4 is 5.32 Å². The van der Waals surface area contributed by atoms with Crippen LogP contribution in [0.5, 0.6) is 0 Å². The van der Waals surface area contributed by atoms with E-state index in [-0.39, 0.29) is 11.9 Å². The number of hydrogen-bond acceptors (Lipinski definition) is 2.